The summed E-state index contributed by atoms with van der Waals surface area (Å²) in [6.45, 7) is 3.73. The Morgan fingerprint density at radius 1 is 1.59 bits per heavy atom. The Labute approximate surface area is 103 Å². The number of nitro groups is 1. The zero-order valence-electron chi connectivity index (χ0n) is 9.73. The van der Waals surface area contributed by atoms with Crippen LogP contribution in [0.25, 0.3) is 0 Å². The van der Waals surface area contributed by atoms with E-state index in [4.69, 9.17) is 16.3 Å². The Morgan fingerprint density at radius 3 is 2.76 bits per heavy atom. The zero-order chi connectivity index (χ0) is 13.0. The van der Waals surface area contributed by atoms with Gasteiger partial charge in [0.25, 0.3) is 0 Å². The number of hydrogen-bond acceptors (Lipinski definition) is 6. The number of nitrogens with zero attached hydrogens (tertiary/aromatic N) is 3. The Kier molecular flexibility index (Phi) is 4.59. The molecule has 17 heavy (non-hydrogen) atoms. The van der Waals surface area contributed by atoms with Crippen LogP contribution in [0.5, 0.6) is 0 Å². The van der Waals surface area contributed by atoms with Crippen molar-refractivity contribution in [2.24, 2.45) is 0 Å². The van der Waals surface area contributed by atoms with Gasteiger partial charge in [-0.2, -0.15) is 4.98 Å². The van der Waals surface area contributed by atoms with E-state index in [2.05, 4.69) is 15.3 Å². The maximum absolute atomic E-state index is 10.9. The molecule has 1 heterocycles. The maximum Gasteiger partial charge on any atom is 0.332 e. The van der Waals surface area contributed by atoms with Crippen LogP contribution in [-0.4, -0.2) is 34.6 Å². The van der Waals surface area contributed by atoms with E-state index in [9.17, 15) is 10.1 Å². The number of anilines is 1. The van der Waals surface area contributed by atoms with Gasteiger partial charge in [-0.3, -0.25) is 10.1 Å². The summed E-state index contributed by atoms with van der Waals surface area (Å²) in [6.07, 6.45) is 0. The van der Waals surface area contributed by atoms with E-state index in [1.807, 2.05) is 6.92 Å². The van der Waals surface area contributed by atoms with Crippen molar-refractivity contribution in [3.8, 4) is 0 Å². The van der Waals surface area contributed by atoms with Gasteiger partial charge < -0.3 is 10.1 Å². The fourth-order valence-electron chi connectivity index (χ4n) is 1.38. The molecule has 0 amide bonds. The molecule has 0 unspecified atom stereocenters. The quantitative estimate of drug-likeness (QED) is 0.493. The minimum Gasteiger partial charge on any atom is -0.383 e. The third-order valence-corrected chi connectivity index (χ3v) is 2.18. The summed E-state index contributed by atoms with van der Waals surface area (Å²) in [4.78, 5) is 17.9. The number of aromatic nitrogens is 2. The predicted octanol–water partition coefficient (Wildman–Crippen LogP) is 1.79. The molecule has 0 aromatic carbocycles. The van der Waals surface area contributed by atoms with Crippen LogP contribution in [-0.2, 0) is 4.74 Å². The normalized spacial score (nSPS) is 12.2. The molecule has 0 saturated carbocycles. The predicted molar refractivity (Wildman–Crippen MR) is 63.4 cm³/mol. The highest BCUT2D eigenvalue weighted by atomic mass is 35.5. The molecule has 8 heteroatoms. The molecule has 0 aliphatic heterocycles. The van der Waals surface area contributed by atoms with E-state index >= 15 is 0 Å². The SMILES string of the molecule is COC[C@H](C)Nc1nc(Cl)nc(C)c1[N+](=O)[O-]. The van der Waals surface area contributed by atoms with Gasteiger partial charge in [0.15, 0.2) is 0 Å². The second-order valence-electron chi connectivity index (χ2n) is 3.53. The third-order valence-electron chi connectivity index (χ3n) is 2.01. The van der Waals surface area contributed by atoms with E-state index in [0.717, 1.165) is 0 Å². The molecular formula is C9H13ClN4O3. The van der Waals surface area contributed by atoms with Gasteiger partial charge in [-0.15, -0.1) is 0 Å². The number of nitrogens with one attached hydrogen (secondary N) is 1. The van der Waals surface area contributed by atoms with Crippen LogP contribution in [0.3, 0.4) is 0 Å². The van der Waals surface area contributed by atoms with Crippen LogP contribution in [0.2, 0.25) is 5.28 Å². The Bertz CT molecular complexity index is 427. The molecule has 0 aliphatic carbocycles. The first-order valence-corrected chi connectivity index (χ1v) is 5.27. The number of halogens is 1. The Hall–Kier alpha value is -1.47. The molecular weight excluding hydrogens is 248 g/mol. The van der Waals surface area contributed by atoms with Gasteiger partial charge in [0.05, 0.1) is 11.5 Å². The molecule has 0 fully saturated rings. The van der Waals surface area contributed by atoms with Gasteiger partial charge in [-0.05, 0) is 25.4 Å². The topological polar surface area (TPSA) is 90.2 Å². The highest BCUT2D eigenvalue weighted by molar-refractivity contribution is 6.28. The van der Waals surface area contributed by atoms with Crippen LogP contribution in [0.1, 0.15) is 12.6 Å². The van der Waals surface area contributed by atoms with Gasteiger partial charge in [0.1, 0.15) is 5.69 Å². The molecule has 1 aromatic rings. The summed E-state index contributed by atoms with van der Waals surface area (Å²) < 4.78 is 4.93. The molecule has 0 radical (unpaired) electrons. The largest absolute Gasteiger partial charge is 0.383 e. The van der Waals surface area contributed by atoms with Crippen molar-refractivity contribution in [3.05, 3.63) is 21.1 Å². The number of aryl methyl sites for hydroxylation is 1. The van der Waals surface area contributed by atoms with Gasteiger partial charge in [-0.1, -0.05) is 0 Å². The van der Waals surface area contributed by atoms with Crippen LogP contribution in [0.15, 0.2) is 0 Å². The minimum atomic E-state index is -0.534. The average Bonchev–Trinajstić information content (AvgIpc) is 2.15. The van der Waals surface area contributed by atoms with E-state index < -0.39 is 4.92 Å². The summed E-state index contributed by atoms with van der Waals surface area (Å²) in [5, 5.41) is 13.7. The first-order valence-electron chi connectivity index (χ1n) is 4.89. The maximum atomic E-state index is 10.9. The fourth-order valence-corrected chi connectivity index (χ4v) is 1.59. The molecule has 94 valence electrons. The monoisotopic (exact) mass is 260 g/mol. The zero-order valence-corrected chi connectivity index (χ0v) is 10.5. The van der Waals surface area contributed by atoms with E-state index in [1.54, 1.807) is 7.11 Å². The second kappa shape index (κ2) is 5.74. The molecule has 1 atom stereocenters. The Morgan fingerprint density at radius 2 is 2.24 bits per heavy atom. The molecule has 7 nitrogen and oxygen atoms in total. The van der Waals surface area contributed by atoms with Gasteiger partial charge in [0, 0.05) is 13.2 Å². The van der Waals surface area contributed by atoms with Gasteiger partial charge in [-0.25, -0.2) is 4.98 Å². The fraction of sp³-hybridized carbons (Fsp3) is 0.556. The number of rotatable bonds is 5. The molecule has 1 aromatic heterocycles. The van der Waals surface area contributed by atoms with Gasteiger partial charge >= 0.3 is 5.69 Å². The number of methoxy groups -OCH3 is 1. The van der Waals surface area contributed by atoms with Crippen LogP contribution >= 0.6 is 11.6 Å². The van der Waals surface area contributed by atoms with Crippen molar-refractivity contribution in [1.82, 2.24) is 9.97 Å². The second-order valence-corrected chi connectivity index (χ2v) is 3.87. The van der Waals surface area contributed by atoms with E-state index in [1.165, 1.54) is 6.92 Å². The molecule has 0 bridgehead atoms. The van der Waals surface area contributed by atoms with Crippen LogP contribution < -0.4 is 5.32 Å². The number of ether oxygens (including phenoxy) is 1. The Balaban J connectivity index is 3.08. The third kappa shape index (κ3) is 3.50. The standard InChI is InChI=1S/C9H13ClN4O3/c1-5(4-17-3)11-8-7(14(15)16)6(2)12-9(10)13-8/h5H,4H2,1-3H3,(H,11,12,13)/t5-/m0/s1. The minimum absolute atomic E-state index is 0.0276. The highest BCUT2D eigenvalue weighted by Gasteiger charge is 2.22. The first-order chi connectivity index (χ1) is 7.95. The molecule has 0 saturated heterocycles. The summed E-state index contributed by atoms with van der Waals surface area (Å²) in [5.74, 6) is 0.108. The van der Waals surface area contributed by atoms with Crippen molar-refractivity contribution < 1.29 is 9.66 Å². The smallest absolute Gasteiger partial charge is 0.332 e. The van der Waals surface area contributed by atoms with Gasteiger partial charge in [0.2, 0.25) is 11.1 Å². The van der Waals surface area contributed by atoms with Crippen molar-refractivity contribution in [3.63, 3.8) is 0 Å². The van der Waals surface area contributed by atoms with E-state index in [0.29, 0.717) is 6.61 Å². The lowest BCUT2D eigenvalue weighted by Crippen LogP contribution is -2.22. The van der Waals surface area contributed by atoms with E-state index in [-0.39, 0.29) is 28.5 Å². The molecule has 0 spiro atoms. The summed E-state index contributed by atoms with van der Waals surface area (Å²) in [7, 11) is 1.55. The van der Waals surface area contributed by atoms with Crippen molar-refractivity contribution in [1.29, 1.82) is 0 Å². The molecule has 0 aliphatic rings. The van der Waals surface area contributed by atoms with Crippen molar-refractivity contribution in [2.45, 2.75) is 19.9 Å². The highest BCUT2D eigenvalue weighted by Crippen LogP contribution is 2.26. The lowest BCUT2D eigenvalue weighted by atomic mass is 10.3. The summed E-state index contributed by atoms with van der Waals surface area (Å²) in [5.41, 5.74) is 0.0551. The first kappa shape index (κ1) is 13.6. The summed E-state index contributed by atoms with van der Waals surface area (Å²) >= 11 is 5.67. The van der Waals surface area contributed by atoms with Crippen molar-refractivity contribution in [2.75, 3.05) is 19.0 Å². The van der Waals surface area contributed by atoms with Crippen molar-refractivity contribution >= 4 is 23.1 Å². The lowest BCUT2D eigenvalue weighted by Gasteiger charge is -2.13. The average molecular weight is 261 g/mol. The van der Waals surface area contributed by atoms with Crippen LogP contribution in [0, 0.1) is 17.0 Å². The lowest BCUT2D eigenvalue weighted by molar-refractivity contribution is -0.385. The summed E-state index contributed by atoms with van der Waals surface area (Å²) in [6, 6.07) is -0.121. The molecule has 1 N–H and O–H groups in total. The number of hydrogen-bond donors (Lipinski definition) is 1. The van der Waals surface area contributed by atoms with Crippen LogP contribution in [0.4, 0.5) is 11.5 Å². The molecule has 1 rings (SSSR count).